The Hall–Kier alpha value is -2.17. The molecule has 0 amide bonds. The van der Waals surface area contributed by atoms with Crippen LogP contribution in [0.4, 0.5) is 136 Å². The van der Waals surface area contributed by atoms with Crippen molar-refractivity contribution in [2.24, 2.45) is 140 Å². The highest BCUT2D eigenvalue weighted by Gasteiger charge is 2.88. The molecule has 0 radical (unpaired) electrons. The van der Waals surface area contributed by atoms with E-state index >= 15 is 0 Å². The van der Waals surface area contributed by atoms with Gasteiger partial charge < -0.3 is 0 Å². The van der Waals surface area contributed by atoms with Crippen LogP contribution in [-0.2, 0) is 0 Å². The number of alkyl halides is 31. The lowest BCUT2D eigenvalue weighted by Gasteiger charge is -2.35. The van der Waals surface area contributed by atoms with Gasteiger partial charge in [-0.1, -0.05) is 245 Å². The minimum Gasteiger partial charge on any atom is -0.247 e. The van der Waals surface area contributed by atoms with E-state index in [4.69, 9.17) is 4.11 Å². The summed E-state index contributed by atoms with van der Waals surface area (Å²) in [6.45, 7) is 48.4. The number of hydrogen-bond acceptors (Lipinski definition) is 0. The van der Waals surface area contributed by atoms with Crippen molar-refractivity contribution in [2.75, 3.05) is 0 Å². The number of rotatable bonds is 2. The summed E-state index contributed by atoms with van der Waals surface area (Å²) in [6.07, 6.45) is -28.3. The third kappa shape index (κ3) is 33.4. The zero-order valence-corrected chi connectivity index (χ0v) is 71.4. The van der Waals surface area contributed by atoms with Crippen molar-refractivity contribution in [2.45, 2.75) is 376 Å². The fraction of sp³-hybridized carbons (Fsp3) is 1.00. The topological polar surface area (TPSA) is 0 Å². The second kappa shape index (κ2) is 43.9. The van der Waals surface area contributed by atoms with Crippen LogP contribution in [0.15, 0.2) is 0 Å². The van der Waals surface area contributed by atoms with E-state index in [2.05, 4.69) is 69.2 Å². The van der Waals surface area contributed by atoms with Crippen molar-refractivity contribution in [1.82, 2.24) is 0 Å². The highest BCUT2D eigenvalue weighted by molar-refractivity contribution is 5.19. The van der Waals surface area contributed by atoms with Crippen LogP contribution >= 0.6 is 0 Å². The molecule has 0 bridgehead atoms. The van der Waals surface area contributed by atoms with E-state index < -0.39 is 168 Å². The Kier molecular flexibility index (Phi) is 43.0. The van der Waals surface area contributed by atoms with Crippen LogP contribution in [0.5, 0.6) is 0 Å². The van der Waals surface area contributed by atoms with Gasteiger partial charge in [0.15, 0.2) is 5.41 Å². The zero-order valence-electron chi connectivity index (χ0n) is 74.4. The van der Waals surface area contributed by atoms with E-state index in [0.29, 0.717) is 30.1 Å². The van der Waals surface area contributed by atoms with Crippen LogP contribution in [-0.4, -0.2) is 85.2 Å². The molecule has 22 atom stereocenters. The normalized spacial score (nSPS) is 36.3. The molecule has 112 heavy (non-hydrogen) atoms. The Bertz CT molecular complexity index is 2540. The van der Waals surface area contributed by atoms with E-state index in [1.54, 1.807) is 20.8 Å². The predicted molar refractivity (Wildman–Crippen MR) is 386 cm³/mol. The largest absolute Gasteiger partial charge is 0.402 e. The average molecular weight is 1700 g/mol. The summed E-state index contributed by atoms with van der Waals surface area (Å²) in [5.74, 6) is -24.8. The maximum Gasteiger partial charge on any atom is 0.402 e. The van der Waals surface area contributed by atoms with Crippen molar-refractivity contribution in [3.05, 3.63) is 0 Å². The standard InChI is InChI=1S/C10H14F6.C9H15F3.C8H13F3.2C8H16.C7H7F7.C7H11F3.C6H8F6.C6H11F3.2C6H14/c1-4-5(2)8(10(14,15)16)6(3)7(4)9(11,12)13;1-6-4-3-5-8(7(6)2)9(10,11)12;1-5-3-6(2)7(4-5)8(9,10)11;2*1-6-4-5-7(2)8(6)3;1-3-5(9,10)4(2,8)7(13,14)6(3,11)12;1-3-5(8)4(2)7(10)6(3)9;1-3-4(2,5(7,8)9)6(10,11)12;1-4-5(2,3)6(7,8)9;2*1-5-6(2,3)4/h4-8H,1-3H3;6-8H,3-5H2,1-2H3;5-7H,3-4H2,1-2H3;2*6-8H,4-5H2,1-3H3;3H,1-2H3;3-7H,1-2H3;3H2,1-2H3;4H2,1-3H3;2*5H2,1-4H3/t4-,5?,6?,7?,8?;6?,7-,8?;5-,6?,7?;;;3-,4?;3-,4?,5?,6?,7?;;;;/m110..00..../s1/i;;;8D;;;;;;5D2;. The van der Waals surface area contributed by atoms with Crippen LogP contribution in [0, 0.1) is 140 Å². The van der Waals surface area contributed by atoms with Crippen LogP contribution in [0.3, 0.4) is 0 Å². The fourth-order valence-corrected chi connectivity index (χ4v) is 13.7. The molecule has 0 aliphatic heterocycles. The first-order chi connectivity index (χ1) is 50.2. The third-order valence-electron chi connectivity index (χ3n) is 25.4. The van der Waals surface area contributed by atoms with Crippen molar-refractivity contribution in [3.8, 4) is 0 Å². The lowest BCUT2D eigenvalue weighted by Crippen LogP contribution is -2.52. The summed E-state index contributed by atoms with van der Waals surface area (Å²) >= 11 is 0. The first-order valence-corrected chi connectivity index (χ1v) is 38.9. The Balaban J connectivity index is -0.000000594. The number of hydrogen-bond donors (Lipinski definition) is 0. The maximum absolute atomic E-state index is 12.9. The molecule has 7 aliphatic carbocycles. The summed E-state index contributed by atoms with van der Waals surface area (Å²) in [7, 11) is 0. The molecule has 7 aliphatic rings. The van der Waals surface area contributed by atoms with Gasteiger partial charge in [0, 0.05) is 15.9 Å². The second-order valence-electron chi connectivity index (χ2n) is 36.3. The van der Waals surface area contributed by atoms with Gasteiger partial charge in [-0.3, -0.25) is 0 Å². The van der Waals surface area contributed by atoms with E-state index in [9.17, 15) is 136 Å². The van der Waals surface area contributed by atoms with Crippen LogP contribution < -0.4 is 0 Å². The average Bonchev–Trinajstić information content (AvgIpc) is 1.53. The lowest BCUT2D eigenvalue weighted by atomic mass is 9.73. The maximum atomic E-state index is 12.9. The van der Waals surface area contributed by atoms with Crippen molar-refractivity contribution in [3.63, 3.8) is 0 Å². The Morgan fingerprint density at radius 2 is 0.661 bits per heavy atom. The molecule has 0 nitrogen and oxygen atoms in total. The summed E-state index contributed by atoms with van der Waals surface area (Å²) in [6, 6.07) is 0. The van der Waals surface area contributed by atoms with Crippen molar-refractivity contribution < 1.29 is 140 Å². The summed E-state index contributed by atoms with van der Waals surface area (Å²) in [4.78, 5) is 0. The molecule has 680 valence electrons. The summed E-state index contributed by atoms with van der Waals surface area (Å²) in [5.41, 5.74) is -9.32. The molecule has 0 aromatic heterocycles. The van der Waals surface area contributed by atoms with E-state index in [1.165, 1.54) is 80.6 Å². The van der Waals surface area contributed by atoms with Gasteiger partial charge in [-0.05, 0) is 134 Å². The molecule has 17 unspecified atom stereocenters. The van der Waals surface area contributed by atoms with Crippen molar-refractivity contribution in [1.29, 1.82) is 0 Å². The molecule has 0 spiro atoms. The molecule has 0 aromatic rings. The molecule has 7 fully saturated rings. The Labute approximate surface area is 654 Å². The Morgan fingerprint density at radius 1 is 0.339 bits per heavy atom. The minimum atomic E-state index is -5.36. The highest BCUT2D eigenvalue weighted by Crippen LogP contribution is 2.65. The lowest BCUT2D eigenvalue weighted by molar-refractivity contribution is -0.335. The molecule has 7 rings (SSSR count). The molecular formula is C81H139F31. The van der Waals surface area contributed by atoms with Crippen LogP contribution in [0.1, 0.15) is 295 Å². The summed E-state index contributed by atoms with van der Waals surface area (Å²) < 4.78 is 406. The molecular weight excluding hydrogens is 1560 g/mol. The number of halogens is 31. The zero-order chi connectivity index (χ0) is 93.7. The quantitative estimate of drug-likeness (QED) is 0.242. The third-order valence-corrected chi connectivity index (χ3v) is 25.4. The molecule has 0 aromatic carbocycles. The van der Waals surface area contributed by atoms with Gasteiger partial charge in [-0.15, -0.1) is 0 Å². The monoisotopic (exact) mass is 1700 g/mol. The van der Waals surface area contributed by atoms with Crippen molar-refractivity contribution >= 4 is 0 Å². The highest BCUT2D eigenvalue weighted by atomic mass is 19.4. The SMILES string of the molecule is CC1C(C(F)(F)F)C(C)[C@@H](C)C1C(F)(F)F.CC1C(F)C(F)[C@@H](C)C1F.CC1CCC(C)C1C.CC1CCCC(C(F)(F)F)[C@@H]1C.CC1C[C@H](C)CC1C(F)(F)F.CCC(C)(C(F)(F)F)C(F)(F)F.CCC(C)(C)C.CCC(C)(C)C(F)(F)F.C[C@H]1C(F)(F)C(C)(F)C(F)(F)C1(F)F.[2H]C([2H])(C)C(C)(C)C.[2H]C1(C)C(C)CCC1C. The molecule has 0 saturated heterocycles. The minimum absolute atomic E-state index is 0.135. The second-order valence-corrected chi connectivity index (χ2v) is 36.3. The van der Waals surface area contributed by atoms with E-state index in [-0.39, 0.29) is 62.2 Å². The van der Waals surface area contributed by atoms with Gasteiger partial charge in [-0.25, -0.2) is 26.3 Å². The molecule has 7 saturated carbocycles. The molecule has 0 N–H and O–H groups in total. The predicted octanol–water partition coefficient (Wildman–Crippen LogP) is 33.4. The van der Waals surface area contributed by atoms with Gasteiger partial charge in [0.1, 0.15) is 18.5 Å². The fourth-order valence-electron chi connectivity index (χ4n) is 13.7. The van der Waals surface area contributed by atoms with E-state index in [1.807, 2.05) is 34.6 Å². The molecule has 0 heterocycles. The summed E-state index contributed by atoms with van der Waals surface area (Å²) in [5, 5.41) is 0. The van der Waals surface area contributed by atoms with Gasteiger partial charge in [0.05, 0.1) is 35.0 Å². The molecule has 31 heteroatoms. The van der Waals surface area contributed by atoms with Crippen LogP contribution in [0.25, 0.3) is 0 Å². The van der Waals surface area contributed by atoms with Crippen LogP contribution in [0.2, 0.25) is 0 Å². The first kappa shape index (κ1) is 110. The first-order valence-electron chi connectivity index (χ1n) is 40.4. The smallest absolute Gasteiger partial charge is 0.247 e. The Morgan fingerprint density at radius 3 is 0.777 bits per heavy atom. The van der Waals surface area contributed by atoms with E-state index in [0.717, 1.165) is 50.9 Å². The van der Waals surface area contributed by atoms with Gasteiger partial charge in [0.2, 0.25) is 5.67 Å². The van der Waals surface area contributed by atoms with Gasteiger partial charge in [-0.2, -0.15) is 110 Å². The van der Waals surface area contributed by atoms with Gasteiger partial charge in [0.25, 0.3) is 5.92 Å². The van der Waals surface area contributed by atoms with Gasteiger partial charge >= 0.3 is 55.1 Å².